The van der Waals surface area contributed by atoms with Gasteiger partial charge in [-0.05, 0) is 42.8 Å². The fraction of sp³-hybridized carbons (Fsp3) is 0.0769. The van der Waals surface area contributed by atoms with Crippen LogP contribution < -0.4 is 10.9 Å². The molecule has 1 aromatic heterocycles. The van der Waals surface area contributed by atoms with Gasteiger partial charge < -0.3 is 10.3 Å². The Kier molecular flexibility index (Phi) is 3.23. The molecule has 1 amide bonds. The van der Waals surface area contributed by atoms with E-state index in [-0.39, 0.29) is 11.4 Å². The lowest BCUT2D eigenvalue weighted by molar-refractivity contribution is 0.102. The summed E-state index contributed by atoms with van der Waals surface area (Å²) >= 11 is 0. The van der Waals surface area contributed by atoms with E-state index in [0.29, 0.717) is 11.3 Å². The number of halogens is 1. The minimum atomic E-state index is -0.522. The van der Waals surface area contributed by atoms with Gasteiger partial charge in [-0.25, -0.2) is 4.39 Å². The van der Waals surface area contributed by atoms with E-state index in [9.17, 15) is 14.0 Å². The summed E-state index contributed by atoms with van der Waals surface area (Å²) < 4.78 is 12.9. The van der Waals surface area contributed by atoms with Crippen molar-refractivity contribution in [2.45, 2.75) is 6.92 Å². The molecular weight excluding hydrogens is 235 g/mol. The molecule has 2 aromatic rings. The Balaban J connectivity index is 2.27. The van der Waals surface area contributed by atoms with Crippen LogP contribution in [0, 0.1) is 12.7 Å². The number of H-pyrrole nitrogens is 1. The van der Waals surface area contributed by atoms with Crippen LogP contribution in [0.25, 0.3) is 0 Å². The number of rotatable bonds is 2. The monoisotopic (exact) mass is 246 g/mol. The zero-order chi connectivity index (χ0) is 13.1. The highest BCUT2D eigenvalue weighted by molar-refractivity contribution is 6.04. The van der Waals surface area contributed by atoms with Crippen LogP contribution in [0.1, 0.15) is 15.9 Å². The molecule has 18 heavy (non-hydrogen) atoms. The number of hydrogen-bond donors (Lipinski definition) is 2. The number of carbonyl (C=O) groups excluding carboxylic acids is 1. The fourth-order valence-corrected chi connectivity index (χ4v) is 1.56. The van der Waals surface area contributed by atoms with E-state index >= 15 is 0 Å². The van der Waals surface area contributed by atoms with E-state index in [1.165, 1.54) is 30.5 Å². The summed E-state index contributed by atoms with van der Waals surface area (Å²) in [6, 6.07) is 7.00. The SMILES string of the molecule is Cc1cc(F)ccc1NC(=O)c1ccc[nH]c1=O. The van der Waals surface area contributed by atoms with Gasteiger partial charge in [-0.1, -0.05) is 0 Å². The molecule has 5 heteroatoms. The highest BCUT2D eigenvalue weighted by atomic mass is 19.1. The third-order valence-corrected chi connectivity index (χ3v) is 2.50. The third-order valence-electron chi connectivity index (χ3n) is 2.50. The van der Waals surface area contributed by atoms with Gasteiger partial charge in [0.2, 0.25) is 0 Å². The first-order valence-electron chi connectivity index (χ1n) is 5.33. The van der Waals surface area contributed by atoms with Gasteiger partial charge in [-0.3, -0.25) is 9.59 Å². The maximum atomic E-state index is 12.9. The molecule has 0 saturated carbocycles. The van der Waals surface area contributed by atoms with Gasteiger partial charge in [0.05, 0.1) is 0 Å². The van der Waals surface area contributed by atoms with Crippen LogP contribution in [0.4, 0.5) is 10.1 Å². The molecule has 0 saturated heterocycles. The van der Waals surface area contributed by atoms with Gasteiger partial charge in [-0.15, -0.1) is 0 Å². The molecule has 0 atom stereocenters. The van der Waals surface area contributed by atoms with Crippen molar-refractivity contribution >= 4 is 11.6 Å². The van der Waals surface area contributed by atoms with E-state index in [1.54, 1.807) is 13.0 Å². The summed E-state index contributed by atoms with van der Waals surface area (Å²) in [4.78, 5) is 25.7. The number of anilines is 1. The number of pyridine rings is 1. The van der Waals surface area contributed by atoms with Gasteiger partial charge in [0.1, 0.15) is 11.4 Å². The molecule has 0 aliphatic heterocycles. The molecule has 4 nitrogen and oxygen atoms in total. The van der Waals surface area contributed by atoms with E-state index in [0.717, 1.165) is 0 Å². The van der Waals surface area contributed by atoms with Crippen LogP contribution in [0.15, 0.2) is 41.3 Å². The second-order valence-electron chi connectivity index (χ2n) is 3.83. The van der Waals surface area contributed by atoms with Crippen LogP contribution in [0.3, 0.4) is 0 Å². The lowest BCUT2D eigenvalue weighted by Crippen LogP contribution is -2.22. The number of hydrogen-bond acceptors (Lipinski definition) is 2. The van der Waals surface area contributed by atoms with Gasteiger partial charge >= 0.3 is 0 Å². The molecule has 0 fully saturated rings. The van der Waals surface area contributed by atoms with Gasteiger partial charge in [0.15, 0.2) is 0 Å². The van der Waals surface area contributed by atoms with Crippen molar-refractivity contribution < 1.29 is 9.18 Å². The highest BCUT2D eigenvalue weighted by Crippen LogP contribution is 2.16. The first-order chi connectivity index (χ1) is 8.58. The summed E-state index contributed by atoms with van der Waals surface area (Å²) in [5.41, 5.74) is 0.622. The van der Waals surface area contributed by atoms with Crippen LogP contribution in [-0.2, 0) is 0 Å². The smallest absolute Gasteiger partial charge is 0.261 e. The van der Waals surface area contributed by atoms with Crippen LogP contribution >= 0.6 is 0 Å². The van der Waals surface area contributed by atoms with E-state index < -0.39 is 11.5 Å². The number of aryl methyl sites for hydroxylation is 1. The Hall–Kier alpha value is -2.43. The van der Waals surface area contributed by atoms with Crippen molar-refractivity contribution in [1.82, 2.24) is 4.98 Å². The maximum absolute atomic E-state index is 12.9. The largest absolute Gasteiger partial charge is 0.328 e. The highest BCUT2D eigenvalue weighted by Gasteiger charge is 2.11. The summed E-state index contributed by atoms with van der Waals surface area (Å²) in [7, 11) is 0. The predicted octanol–water partition coefficient (Wildman–Crippen LogP) is 2.07. The molecular formula is C13H11FN2O2. The minimum Gasteiger partial charge on any atom is -0.328 e. The average molecular weight is 246 g/mol. The van der Waals surface area contributed by atoms with Crippen LogP contribution in [0.5, 0.6) is 0 Å². The predicted molar refractivity (Wildman–Crippen MR) is 66.2 cm³/mol. The first-order valence-corrected chi connectivity index (χ1v) is 5.33. The van der Waals surface area contributed by atoms with Crippen LogP contribution in [0.2, 0.25) is 0 Å². The molecule has 1 aromatic carbocycles. The second-order valence-corrected chi connectivity index (χ2v) is 3.83. The maximum Gasteiger partial charge on any atom is 0.261 e. The van der Waals surface area contributed by atoms with Gasteiger partial charge in [0, 0.05) is 11.9 Å². The molecule has 1 heterocycles. The zero-order valence-corrected chi connectivity index (χ0v) is 9.66. The molecule has 0 spiro atoms. The minimum absolute atomic E-state index is 0.0150. The van der Waals surface area contributed by atoms with Gasteiger partial charge in [-0.2, -0.15) is 0 Å². The van der Waals surface area contributed by atoms with E-state index in [2.05, 4.69) is 10.3 Å². The van der Waals surface area contributed by atoms with Crippen molar-refractivity contribution in [3.05, 3.63) is 63.8 Å². The summed E-state index contributed by atoms with van der Waals surface area (Å²) in [6.45, 7) is 1.67. The summed E-state index contributed by atoms with van der Waals surface area (Å²) in [6.07, 6.45) is 1.45. The average Bonchev–Trinajstić information content (AvgIpc) is 2.33. The molecule has 92 valence electrons. The van der Waals surface area contributed by atoms with E-state index in [1.807, 2.05) is 0 Å². The number of benzene rings is 1. The third kappa shape index (κ3) is 2.45. The molecule has 2 rings (SSSR count). The number of nitrogens with one attached hydrogen (secondary N) is 2. The number of carbonyl (C=O) groups is 1. The first kappa shape index (κ1) is 12.0. The quantitative estimate of drug-likeness (QED) is 0.852. The number of amides is 1. The molecule has 0 unspecified atom stereocenters. The molecule has 2 N–H and O–H groups in total. The molecule has 0 aliphatic rings. The summed E-state index contributed by atoms with van der Waals surface area (Å²) in [5.74, 6) is -0.894. The molecule has 0 aliphatic carbocycles. The number of aromatic nitrogens is 1. The molecule has 0 radical (unpaired) electrons. The lowest BCUT2D eigenvalue weighted by atomic mass is 10.2. The Morgan fingerprint density at radius 2 is 2.11 bits per heavy atom. The number of aromatic amines is 1. The van der Waals surface area contributed by atoms with Crippen LogP contribution in [-0.4, -0.2) is 10.9 Å². The van der Waals surface area contributed by atoms with Crippen molar-refractivity contribution in [3.63, 3.8) is 0 Å². The van der Waals surface area contributed by atoms with Crippen molar-refractivity contribution in [1.29, 1.82) is 0 Å². The Morgan fingerprint density at radius 3 is 2.78 bits per heavy atom. The van der Waals surface area contributed by atoms with Crippen molar-refractivity contribution in [2.24, 2.45) is 0 Å². The Morgan fingerprint density at radius 1 is 1.33 bits per heavy atom. The van der Waals surface area contributed by atoms with Crippen molar-refractivity contribution in [3.8, 4) is 0 Å². The topological polar surface area (TPSA) is 62.0 Å². The fourth-order valence-electron chi connectivity index (χ4n) is 1.56. The van der Waals surface area contributed by atoms with E-state index in [4.69, 9.17) is 0 Å². The molecule has 0 bridgehead atoms. The summed E-state index contributed by atoms with van der Waals surface area (Å²) in [5, 5.41) is 2.57. The Labute approximate surface area is 102 Å². The Bertz CT molecular complexity index is 649. The lowest BCUT2D eigenvalue weighted by Gasteiger charge is -2.07. The standard InChI is InChI=1S/C13H11FN2O2/c1-8-7-9(14)4-5-11(8)16-13(18)10-3-2-6-15-12(10)17/h2-7H,1H3,(H,15,17)(H,16,18). The second kappa shape index (κ2) is 4.83. The normalized spacial score (nSPS) is 10.1. The van der Waals surface area contributed by atoms with Crippen molar-refractivity contribution in [2.75, 3.05) is 5.32 Å². The zero-order valence-electron chi connectivity index (χ0n) is 9.66. The van der Waals surface area contributed by atoms with Gasteiger partial charge in [0.25, 0.3) is 11.5 Å².